The van der Waals surface area contributed by atoms with Crippen LogP contribution < -0.4 is 0 Å². The van der Waals surface area contributed by atoms with Gasteiger partial charge in [0, 0.05) is 13.0 Å². The Balaban J connectivity index is 3.51. The first-order chi connectivity index (χ1) is 5.34. The molecule has 2 nitrogen and oxygen atoms in total. The van der Waals surface area contributed by atoms with E-state index in [-0.39, 0.29) is 12.7 Å². The summed E-state index contributed by atoms with van der Waals surface area (Å²) in [6.45, 7) is 3.37. The molecule has 0 amide bonds. The fourth-order valence-corrected chi connectivity index (χ4v) is 0.579. The van der Waals surface area contributed by atoms with Gasteiger partial charge >= 0.3 is 6.18 Å². The van der Waals surface area contributed by atoms with Crippen LogP contribution >= 0.6 is 0 Å². The zero-order chi connectivity index (χ0) is 9.78. The van der Waals surface area contributed by atoms with Crippen molar-refractivity contribution in [3.8, 4) is 0 Å². The van der Waals surface area contributed by atoms with E-state index in [1.165, 1.54) is 0 Å². The lowest BCUT2D eigenvalue weighted by atomic mass is 10.2. The molecule has 0 saturated heterocycles. The Morgan fingerprint density at radius 1 is 1.33 bits per heavy atom. The molecular weight excluding hydrogens is 173 g/mol. The third-order valence-electron chi connectivity index (χ3n) is 1.22. The van der Waals surface area contributed by atoms with Crippen LogP contribution in [0.1, 0.15) is 20.3 Å². The van der Waals surface area contributed by atoms with Gasteiger partial charge in [0.1, 0.15) is 0 Å². The molecule has 0 fully saturated rings. The highest BCUT2D eigenvalue weighted by Crippen LogP contribution is 2.22. The maximum atomic E-state index is 11.7. The number of aliphatic hydroxyl groups excluding tert-OH is 1. The van der Waals surface area contributed by atoms with Gasteiger partial charge in [0.25, 0.3) is 0 Å². The van der Waals surface area contributed by atoms with Gasteiger partial charge in [0.2, 0.25) is 0 Å². The molecule has 0 aromatic rings. The first-order valence-electron chi connectivity index (χ1n) is 3.70. The van der Waals surface area contributed by atoms with E-state index >= 15 is 0 Å². The van der Waals surface area contributed by atoms with E-state index in [4.69, 9.17) is 9.84 Å². The van der Waals surface area contributed by atoms with Crippen LogP contribution in [0.25, 0.3) is 0 Å². The van der Waals surface area contributed by atoms with Crippen LogP contribution in [-0.4, -0.2) is 30.1 Å². The van der Waals surface area contributed by atoms with E-state index in [0.29, 0.717) is 0 Å². The van der Waals surface area contributed by atoms with Crippen molar-refractivity contribution in [2.24, 2.45) is 0 Å². The number of aliphatic hydroxyl groups is 1. The predicted octanol–water partition coefficient (Wildman–Crippen LogP) is 1.72. The molecule has 1 atom stereocenters. The Bertz CT molecular complexity index is 122. The van der Waals surface area contributed by atoms with Crippen molar-refractivity contribution < 1.29 is 23.0 Å². The van der Waals surface area contributed by atoms with Crippen molar-refractivity contribution >= 4 is 0 Å². The van der Waals surface area contributed by atoms with Gasteiger partial charge in [-0.25, -0.2) is 0 Å². The molecule has 0 spiro atoms. The summed E-state index contributed by atoms with van der Waals surface area (Å²) >= 11 is 0. The van der Waals surface area contributed by atoms with E-state index in [2.05, 4.69) is 0 Å². The number of ether oxygens (including phenoxy) is 1. The average molecular weight is 186 g/mol. The van der Waals surface area contributed by atoms with Crippen LogP contribution in [0.4, 0.5) is 13.2 Å². The number of hydrogen-bond acceptors (Lipinski definition) is 2. The van der Waals surface area contributed by atoms with Crippen LogP contribution in [0.5, 0.6) is 0 Å². The second-order valence-corrected chi connectivity index (χ2v) is 2.77. The summed E-state index contributed by atoms with van der Waals surface area (Å²) in [6.07, 6.45) is -7.30. The third kappa shape index (κ3) is 5.37. The molecule has 0 aliphatic rings. The lowest BCUT2D eigenvalue weighted by Gasteiger charge is -2.15. The first kappa shape index (κ1) is 11.7. The fraction of sp³-hybridized carbons (Fsp3) is 1.00. The maximum absolute atomic E-state index is 11.7. The van der Waals surface area contributed by atoms with Crippen LogP contribution in [-0.2, 0) is 4.74 Å². The molecule has 0 aliphatic carbocycles. The van der Waals surface area contributed by atoms with Gasteiger partial charge in [-0.15, -0.1) is 0 Å². The van der Waals surface area contributed by atoms with Crippen LogP contribution in [0.15, 0.2) is 0 Å². The predicted molar refractivity (Wildman–Crippen MR) is 37.8 cm³/mol. The number of alkyl halides is 3. The van der Waals surface area contributed by atoms with Crippen molar-refractivity contribution in [3.05, 3.63) is 0 Å². The molecule has 0 radical (unpaired) electrons. The van der Waals surface area contributed by atoms with Gasteiger partial charge in [-0.05, 0) is 13.8 Å². The van der Waals surface area contributed by atoms with Gasteiger partial charge in [0.15, 0.2) is 6.10 Å². The summed E-state index contributed by atoms with van der Waals surface area (Å²) in [5.41, 5.74) is 0. The van der Waals surface area contributed by atoms with E-state index in [1.807, 2.05) is 0 Å². The zero-order valence-corrected chi connectivity index (χ0v) is 7.06. The smallest absolute Gasteiger partial charge is 0.384 e. The molecule has 74 valence electrons. The standard InChI is InChI=1S/C7H13F3O2/c1-5(2)12-4-3-6(11)7(8,9)10/h5-6,11H,3-4H2,1-2H3. The third-order valence-corrected chi connectivity index (χ3v) is 1.22. The quantitative estimate of drug-likeness (QED) is 0.724. The minimum atomic E-state index is -4.53. The summed E-state index contributed by atoms with van der Waals surface area (Å²) in [7, 11) is 0. The Morgan fingerprint density at radius 2 is 1.83 bits per heavy atom. The summed E-state index contributed by atoms with van der Waals surface area (Å²) in [4.78, 5) is 0. The normalized spacial score (nSPS) is 15.2. The SMILES string of the molecule is CC(C)OCCC(O)C(F)(F)F. The molecule has 12 heavy (non-hydrogen) atoms. The van der Waals surface area contributed by atoms with Crippen LogP contribution in [0, 0.1) is 0 Å². The highest BCUT2D eigenvalue weighted by Gasteiger charge is 2.37. The summed E-state index contributed by atoms with van der Waals surface area (Å²) in [6, 6.07) is 0. The highest BCUT2D eigenvalue weighted by molar-refractivity contribution is 4.64. The Labute approximate surface area is 69.3 Å². The lowest BCUT2D eigenvalue weighted by Crippen LogP contribution is -2.30. The maximum Gasteiger partial charge on any atom is 0.414 e. The first-order valence-corrected chi connectivity index (χ1v) is 3.70. The van der Waals surface area contributed by atoms with Crippen molar-refractivity contribution in [2.75, 3.05) is 6.61 Å². The van der Waals surface area contributed by atoms with Gasteiger partial charge in [-0.1, -0.05) is 0 Å². The molecule has 0 aromatic carbocycles. The second kappa shape index (κ2) is 4.67. The van der Waals surface area contributed by atoms with Gasteiger partial charge < -0.3 is 9.84 Å². The van der Waals surface area contributed by atoms with E-state index in [9.17, 15) is 13.2 Å². The highest BCUT2D eigenvalue weighted by atomic mass is 19.4. The van der Waals surface area contributed by atoms with E-state index < -0.39 is 18.7 Å². The van der Waals surface area contributed by atoms with E-state index in [1.54, 1.807) is 13.8 Å². The average Bonchev–Trinajstić information content (AvgIpc) is 1.84. The van der Waals surface area contributed by atoms with Crippen LogP contribution in [0.3, 0.4) is 0 Å². The minimum absolute atomic E-state index is 0.0711. The second-order valence-electron chi connectivity index (χ2n) is 2.77. The Hall–Kier alpha value is -0.290. The topological polar surface area (TPSA) is 29.5 Å². The largest absolute Gasteiger partial charge is 0.414 e. The molecule has 1 N–H and O–H groups in total. The molecule has 0 aliphatic heterocycles. The van der Waals surface area contributed by atoms with Gasteiger partial charge in [-0.2, -0.15) is 13.2 Å². The molecular formula is C7H13F3O2. The Morgan fingerprint density at radius 3 is 2.17 bits per heavy atom. The monoisotopic (exact) mass is 186 g/mol. The lowest BCUT2D eigenvalue weighted by molar-refractivity contribution is -0.208. The van der Waals surface area contributed by atoms with Crippen LogP contribution in [0.2, 0.25) is 0 Å². The summed E-state index contributed by atoms with van der Waals surface area (Å²) < 4.78 is 39.9. The molecule has 1 unspecified atom stereocenters. The molecule has 5 heteroatoms. The molecule has 0 rings (SSSR count). The minimum Gasteiger partial charge on any atom is -0.384 e. The molecule has 0 heterocycles. The van der Waals surface area contributed by atoms with Gasteiger partial charge in [0.05, 0.1) is 6.10 Å². The molecule has 0 bridgehead atoms. The van der Waals surface area contributed by atoms with Crippen molar-refractivity contribution in [2.45, 2.75) is 38.7 Å². The summed E-state index contributed by atoms with van der Waals surface area (Å²) in [5, 5.41) is 8.49. The zero-order valence-electron chi connectivity index (χ0n) is 7.06. The van der Waals surface area contributed by atoms with E-state index in [0.717, 1.165) is 0 Å². The molecule has 0 aromatic heterocycles. The molecule has 0 saturated carbocycles. The van der Waals surface area contributed by atoms with Crippen molar-refractivity contribution in [3.63, 3.8) is 0 Å². The number of halogens is 3. The van der Waals surface area contributed by atoms with Gasteiger partial charge in [-0.3, -0.25) is 0 Å². The van der Waals surface area contributed by atoms with Crippen molar-refractivity contribution in [1.29, 1.82) is 0 Å². The number of rotatable bonds is 4. The fourth-order valence-electron chi connectivity index (χ4n) is 0.579. The Kier molecular flexibility index (Phi) is 4.55. The number of hydrogen-bond donors (Lipinski definition) is 1. The summed E-state index contributed by atoms with van der Waals surface area (Å²) in [5.74, 6) is 0. The van der Waals surface area contributed by atoms with Crippen molar-refractivity contribution in [1.82, 2.24) is 0 Å².